The second kappa shape index (κ2) is 11.4. The SMILES string of the molecule is CC1(C)c2ccccc2Sc2ccc(-c3ccc(N(c4ccccc4)c4ccccc4C4(C)c5ccccc5-c5ccccc54)cc3)cc21. The minimum absolute atomic E-state index is 0.0610. The second-order valence-corrected chi connectivity index (χ2v) is 15.0. The lowest BCUT2D eigenvalue weighted by molar-refractivity contribution is 0.607. The van der Waals surface area contributed by atoms with Crippen LogP contribution in [0.15, 0.2) is 180 Å². The largest absolute Gasteiger partial charge is 0.310 e. The lowest BCUT2D eigenvalue weighted by Crippen LogP contribution is -2.25. The molecule has 0 aromatic heterocycles. The third-order valence-electron chi connectivity index (χ3n) is 10.8. The third-order valence-corrected chi connectivity index (χ3v) is 12.0. The topological polar surface area (TPSA) is 3.24 Å². The monoisotopic (exact) mass is 647 g/mol. The summed E-state index contributed by atoms with van der Waals surface area (Å²) < 4.78 is 0. The molecule has 0 unspecified atom stereocenters. The third kappa shape index (κ3) is 4.62. The summed E-state index contributed by atoms with van der Waals surface area (Å²) >= 11 is 1.89. The summed E-state index contributed by atoms with van der Waals surface area (Å²) in [6, 6.07) is 62.6. The molecule has 2 aliphatic rings. The van der Waals surface area contributed by atoms with Gasteiger partial charge in [0.2, 0.25) is 0 Å². The first-order chi connectivity index (χ1) is 23.9. The summed E-state index contributed by atoms with van der Waals surface area (Å²) in [5.74, 6) is 0. The van der Waals surface area contributed by atoms with Gasteiger partial charge in [-0.05, 0) is 106 Å². The molecule has 2 heteroatoms. The molecule has 9 rings (SSSR count). The molecular weight excluding hydrogens is 611 g/mol. The van der Waals surface area contributed by atoms with E-state index in [1.54, 1.807) is 0 Å². The lowest BCUT2D eigenvalue weighted by Gasteiger charge is -2.35. The van der Waals surface area contributed by atoms with Crippen LogP contribution in [0.4, 0.5) is 17.1 Å². The number of benzene rings is 7. The summed E-state index contributed by atoms with van der Waals surface area (Å²) in [6.45, 7) is 7.11. The van der Waals surface area contributed by atoms with Crippen LogP contribution in [0.25, 0.3) is 22.3 Å². The van der Waals surface area contributed by atoms with Crippen molar-refractivity contribution >= 4 is 28.8 Å². The maximum absolute atomic E-state index is 2.43. The maximum Gasteiger partial charge on any atom is 0.0506 e. The number of para-hydroxylation sites is 2. The van der Waals surface area contributed by atoms with Crippen molar-refractivity contribution in [2.24, 2.45) is 0 Å². The number of rotatable bonds is 5. The highest BCUT2D eigenvalue weighted by Crippen LogP contribution is 2.55. The van der Waals surface area contributed by atoms with Crippen molar-refractivity contribution in [1.82, 2.24) is 0 Å². The van der Waals surface area contributed by atoms with Crippen molar-refractivity contribution < 1.29 is 0 Å². The van der Waals surface area contributed by atoms with Crippen LogP contribution in [0.2, 0.25) is 0 Å². The Balaban J connectivity index is 1.16. The Labute approximate surface area is 293 Å². The molecule has 1 aliphatic carbocycles. The van der Waals surface area contributed by atoms with Crippen molar-refractivity contribution in [2.45, 2.75) is 41.4 Å². The predicted octanol–water partition coefficient (Wildman–Crippen LogP) is 12.9. The van der Waals surface area contributed by atoms with Gasteiger partial charge in [-0.2, -0.15) is 0 Å². The van der Waals surface area contributed by atoms with Gasteiger partial charge >= 0.3 is 0 Å². The Kier molecular flexibility index (Phi) is 6.93. The van der Waals surface area contributed by atoms with Crippen LogP contribution in [0.5, 0.6) is 0 Å². The van der Waals surface area contributed by atoms with E-state index in [2.05, 4.69) is 196 Å². The van der Waals surface area contributed by atoms with Crippen LogP contribution in [0.1, 0.15) is 48.6 Å². The minimum atomic E-state index is -0.316. The zero-order valence-electron chi connectivity index (χ0n) is 28.0. The van der Waals surface area contributed by atoms with Gasteiger partial charge in [0.05, 0.1) is 5.69 Å². The van der Waals surface area contributed by atoms with Crippen LogP contribution < -0.4 is 4.90 Å². The molecule has 7 aromatic carbocycles. The van der Waals surface area contributed by atoms with Crippen molar-refractivity contribution in [2.75, 3.05) is 4.90 Å². The fourth-order valence-electron chi connectivity index (χ4n) is 8.26. The molecule has 0 atom stereocenters. The number of hydrogen-bond acceptors (Lipinski definition) is 2. The fraction of sp³-hybridized carbons (Fsp3) is 0.106. The van der Waals surface area contributed by atoms with E-state index >= 15 is 0 Å². The molecular formula is C47H37NS. The van der Waals surface area contributed by atoms with E-state index in [-0.39, 0.29) is 10.8 Å². The Morgan fingerprint density at radius 3 is 1.61 bits per heavy atom. The molecule has 0 saturated heterocycles. The molecule has 1 aliphatic heterocycles. The van der Waals surface area contributed by atoms with E-state index < -0.39 is 0 Å². The standard InChI is InChI=1S/C47H37NS/c1-46(2)41-22-12-14-24-44(41)49-45-30-27-33(31-42(45)46)32-25-28-35(29-26-32)48(34-15-5-4-6-16-34)43-23-13-11-21-40(43)47(3)38-19-9-7-17-36(38)37-18-8-10-20-39(37)47/h4-31H,1-3H3. The smallest absolute Gasteiger partial charge is 0.0506 e. The molecule has 0 saturated carbocycles. The molecule has 0 N–H and O–H groups in total. The molecule has 49 heavy (non-hydrogen) atoms. The highest BCUT2D eigenvalue weighted by Gasteiger charge is 2.42. The summed E-state index contributed by atoms with van der Waals surface area (Å²) in [6.07, 6.45) is 0. The first kappa shape index (κ1) is 29.8. The molecule has 0 spiro atoms. The zero-order valence-corrected chi connectivity index (χ0v) is 28.8. The Bertz CT molecular complexity index is 2310. The number of hydrogen-bond donors (Lipinski definition) is 0. The van der Waals surface area contributed by atoms with Gasteiger partial charge in [0.1, 0.15) is 0 Å². The Morgan fingerprint density at radius 1 is 0.408 bits per heavy atom. The van der Waals surface area contributed by atoms with E-state index in [4.69, 9.17) is 0 Å². The molecule has 0 bridgehead atoms. The van der Waals surface area contributed by atoms with Gasteiger partial charge in [-0.3, -0.25) is 0 Å². The summed E-state index contributed by atoms with van der Waals surface area (Å²) in [4.78, 5) is 5.13. The second-order valence-electron chi connectivity index (χ2n) is 13.9. The summed E-state index contributed by atoms with van der Waals surface area (Å²) in [5.41, 5.74) is 15.0. The first-order valence-electron chi connectivity index (χ1n) is 17.1. The van der Waals surface area contributed by atoms with Crippen molar-refractivity contribution in [1.29, 1.82) is 0 Å². The van der Waals surface area contributed by atoms with Gasteiger partial charge in [0.15, 0.2) is 0 Å². The van der Waals surface area contributed by atoms with Gasteiger partial charge in [0.25, 0.3) is 0 Å². The molecule has 236 valence electrons. The molecule has 0 amide bonds. The van der Waals surface area contributed by atoms with E-state index in [0.29, 0.717) is 0 Å². The average molecular weight is 648 g/mol. The normalized spacial score (nSPS) is 14.7. The molecule has 1 nitrogen and oxygen atoms in total. The van der Waals surface area contributed by atoms with Crippen LogP contribution in [-0.2, 0) is 10.8 Å². The summed E-state index contributed by atoms with van der Waals surface area (Å²) in [5, 5.41) is 0. The quantitative estimate of drug-likeness (QED) is 0.183. The minimum Gasteiger partial charge on any atom is -0.310 e. The first-order valence-corrected chi connectivity index (χ1v) is 17.9. The molecule has 7 aromatic rings. The maximum atomic E-state index is 2.43. The Morgan fingerprint density at radius 2 is 0.918 bits per heavy atom. The molecule has 0 radical (unpaired) electrons. The zero-order chi connectivity index (χ0) is 33.2. The van der Waals surface area contributed by atoms with Crippen LogP contribution in [0.3, 0.4) is 0 Å². The highest BCUT2D eigenvalue weighted by atomic mass is 32.2. The fourth-order valence-corrected chi connectivity index (χ4v) is 9.64. The molecule has 0 fully saturated rings. The molecule has 1 heterocycles. The van der Waals surface area contributed by atoms with Crippen molar-refractivity contribution in [3.63, 3.8) is 0 Å². The van der Waals surface area contributed by atoms with Gasteiger partial charge in [-0.25, -0.2) is 0 Å². The number of nitrogens with zero attached hydrogens (tertiary/aromatic N) is 1. The van der Waals surface area contributed by atoms with E-state index in [1.807, 2.05) is 11.8 Å². The van der Waals surface area contributed by atoms with Gasteiger partial charge in [-0.15, -0.1) is 0 Å². The van der Waals surface area contributed by atoms with Gasteiger partial charge in [0, 0.05) is 32.0 Å². The summed E-state index contributed by atoms with van der Waals surface area (Å²) in [7, 11) is 0. The lowest BCUT2D eigenvalue weighted by atomic mass is 9.73. The van der Waals surface area contributed by atoms with Gasteiger partial charge in [-0.1, -0.05) is 147 Å². The van der Waals surface area contributed by atoms with Crippen molar-refractivity contribution in [3.05, 3.63) is 198 Å². The number of fused-ring (bicyclic) bond motifs is 5. The highest BCUT2D eigenvalue weighted by molar-refractivity contribution is 7.99. The van der Waals surface area contributed by atoms with Gasteiger partial charge < -0.3 is 4.90 Å². The van der Waals surface area contributed by atoms with Crippen molar-refractivity contribution in [3.8, 4) is 22.3 Å². The van der Waals surface area contributed by atoms with Crippen LogP contribution in [-0.4, -0.2) is 0 Å². The van der Waals surface area contributed by atoms with E-state index in [9.17, 15) is 0 Å². The van der Waals surface area contributed by atoms with E-state index in [1.165, 1.54) is 65.5 Å². The Hall–Kier alpha value is -5.31. The van der Waals surface area contributed by atoms with E-state index in [0.717, 1.165) is 11.4 Å². The number of anilines is 3. The van der Waals surface area contributed by atoms with Crippen LogP contribution >= 0.6 is 11.8 Å². The average Bonchev–Trinajstić information content (AvgIpc) is 3.41. The van der Waals surface area contributed by atoms with Crippen LogP contribution in [0, 0.1) is 0 Å². The predicted molar refractivity (Wildman–Crippen MR) is 207 cm³/mol.